The molecule has 1 atom stereocenters. The molecule has 1 aromatic carbocycles. The quantitative estimate of drug-likeness (QED) is 0.792. The normalized spacial score (nSPS) is 23.7. The van der Waals surface area contributed by atoms with Crippen LogP contribution in [0.25, 0.3) is 0 Å². The van der Waals surface area contributed by atoms with Crippen LogP contribution in [0, 0.1) is 11.3 Å². The molecule has 4 nitrogen and oxygen atoms in total. The van der Waals surface area contributed by atoms with Crippen LogP contribution in [0.15, 0.2) is 30.3 Å². The lowest BCUT2D eigenvalue weighted by Crippen LogP contribution is -2.53. The Morgan fingerprint density at radius 1 is 1.04 bits per heavy atom. The maximum Gasteiger partial charge on any atom is 0.105 e. The Bertz CT molecular complexity index is 493. The average Bonchev–Trinajstić information content (AvgIpc) is 3.13. The molecule has 0 bridgehead atoms. The first kappa shape index (κ1) is 16.6. The van der Waals surface area contributed by atoms with Gasteiger partial charge in [-0.05, 0) is 24.3 Å². The van der Waals surface area contributed by atoms with E-state index < -0.39 is 5.60 Å². The van der Waals surface area contributed by atoms with Crippen molar-refractivity contribution in [2.24, 2.45) is 5.92 Å². The number of benzene rings is 1. The van der Waals surface area contributed by atoms with Crippen LogP contribution >= 0.6 is 0 Å². The highest BCUT2D eigenvalue weighted by molar-refractivity contribution is 5.55. The topological polar surface area (TPSA) is 50.6 Å². The number of rotatable bonds is 6. The minimum atomic E-state index is -0.721. The number of β-amino-alcohol motifs (C(OH)–C–C–N with tert-alkyl or cyclic N) is 1. The first-order valence-corrected chi connectivity index (χ1v) is 8.94. The Morgan fingerprint density at radius 2 is 1.65 bits per heavy atom. The number of hydrogen-bond donors (Lipinski definition) is 2. The molecule has 2 aliphatic rings. The second-order valence-corrected chi connectivity index (χ2v) is 7.05. The predicted molar refractivity (Wildman–Crippen MR) is 94.0 cm³/mol. The second kappa shape index (κ2) is 7.56. The molecule has 4 heteroatoms. The van der Waals surface area contributed by atoms with E-state index in [1.54, 1.807) is 0 Å². The summed E-state index contributed by atoms with van der Waals surface area (Å²) in [7, 11) is 0. The third-order valence-electron chi connectivity index (χ3n) is 5.58. The van der Waals surface area contributed by atoms with Crippen LogP contribution in [0.5, 0.6) is 0 Å². The Labute approximate surface area is 139 Å². The Morgan fingerprint density at radius 3 is 2.26 bits per heavy atom. The van der Waals surface area contributed by atoms with Crippen LogP contribution in [-0.2, 0) is 5.60 Å². The van der Waals surface area contributed by atoms with E-state index in [9.17, 15) is 5.11 Å². The molecular weight excluding hydrogens is 286 g/mol. The van der Waals surface area contributed by atoms with Crippen molar-refractivity contribution in [3.8, 4) is 0 Å². The molecule has 23 heavy (non-hydrogen) atoms. The standard InChI is InChI=1S/C19H29N3O/c20-10-11-21-12-14-22(15-13-21)16-19(23,18-8-4-5-9-18)17-6-2-1-3-7-17/h1-3,6-7,10,18,20,23H,4-5,8-9,11-16H2. The molecule has 126 valence electrons. The zero-order chi connectivity index (χ0) is 16.1. The summed E-state index contributed by atoms with van der Waals surface area (Å²) in [5.74, 6) is 0.379. The van der Waals surface area contributed by atoms with Crippen LogP contribution in [0.3, 0.4) is 0 Å². The molecule has 1 aliphatic carbocycles. The smallest absolute Gasteiger partial charge is 0.105 e. The Balaban J connectivity index is 1.71. The minimum absolute atomic E-state index is 0.379. The van der Waals surface area contributed by atoms with Crippen molar-refractivity contribution >= 4 is 6.21 Å². The zero-order valence-electron chi connectivity index (χ0n) is 14.0. The average molecular weight is 315 g/mol. The molecule has 1 unspecified atom stereocenters. The summed E-state index contributed by atoms with van der Waals surface area (Å²) in [4.78, 5) is 4.71. The van der Waals surface area contributed by atoms with E-state index in [1.807, 2.05) is 18.2 Å². The van der Waals surface area contributed by atoms with E-state index in [0.29, 0.717) is 5.92 Å². The third kappa shape index (κ3) is 3.82. The summed E-state index contributed by atoms with van der Waals surface area (Å²) in [5, 5.41) is 18.9. The maximum absolute atomic E-state index is 11.6. The van der Waals surface area contributed by atoms with Gasteiger partial charge in [-0.1, -0.05) is 43.2 Å². The molecule has 1 heterocycles. The van der Waals surface area contributed by atoms with Gasteiger partial charge in [-0.25, -0.2) is 0 Å². The van der Waals surface area contributed by atoms with Gasteiger partial charge in [-0.3, -0.25) is 9.80 Å². The molecule has 0 aromatic heterocycles. The fraction of sp³-hybridized carbons (Fsp3) is 0.632. The summed E-state index contributed by atoms with van der Waals surface area (Å²) < 4.78 is 0. The van der Waals surface area contributed by atoms with Crippen molar-refractivity contribution in [3.63, 3.8) is 0 Å². The lowest BCUT2D eigenvalue weighted by atomic mass is 9.79. The fourth-order valence-electron chi connectivity index (χ4n) is 4.19. The van der Waals surface area contributed by atoms with Gasteiger partial charge >= 0.3 is 0 Å². The van der Waals surface area contributed by atoms with Gasteiger partial charge in [0, 0.05) is 45.5 Å². The zero-order valence-corrected chi connectivity index (χ0v) is 14.0. The molecule has 2 fully saturated rings. The van der Waals surface area contributed by atoms with E-state index in [4.69, 9.17) is 5.41 Å². The van der Waals surface area contributed by atoms with Gasteiger partial charge in [-0.2, -0.15) is 0 Å². The maximum atomic E-state index is 11.6. The second-order valence-electron chi connectivity index (χ2n) is 7.05. The van der Waals surface area contributed by atoms with Gasteiger partial charge in [0.2, 0.25) is 0 Å². The molecule has 0 radical (unpaired) electrons. The van der Waals surface area contributed by atoms with Crippen molar-refractivity contribution in [1.82, 2.24) is 9.80 Å². The van der Waals surface area contributed by atoms with Crippen LogP contribution in [-0.4, -0.2) is 60.4 Å². The van der Waals surface area contributed by atoms with Gasteiger partial charge in [-0.15, -0.1) is 0 Å². The molecule has 3 rings (SSSR count). The van der Waals surface area contributed by atoms with E-state index in [0.717, 1.165) is 57.7 Å². The van der Waals surface area contributed by atoms with E-state index in [2.05, 4.69) is 21.9 Å². The molecule has 1 saturated heterocycles. The minimum Gasteiger partial charge on any atom is -0.384 e. The van der Waals surface area contributed by atoms with E-state index in [1.165, 1.54) is 19.1 Å². The molecule has 1 aromatic rings. The highest BCUT2D eigenvalue weighted by atomic mass is 16.3. The Hall–Kier alpha value is -1.23. The number of nitrogens with zero attached hydrogens (tertiary/aromatic N) is 2. The van der Waals surface area contributed by atoms with Crippen molar-refractivity contribution < 1.29 is 5.11 Å². The van der Waals surface area contributed by atoms with Gasteiger partial charge < -0.3 is 10.5 Å². The molecule has 1 saturated carbocycles. The summed E-state index contributed by atoms with van der Waals surface area (Å²) in [5.41, 5.74) is 0.357. The van der Waals surface area contributed by atoms with Crippen molar-refractivity contribution in [2.75, 3.05) is 39.3 Å². The van der Waals surface area contributed by atoms with Gasteiger partial charge in [0.1, 0.15) is 5.60 Å². The first-order valence-electron chi connectivity index (χ1n) is 8.94. The molecular formula is C19H29N3O. The van der Waals surface area contributed by atoms with Crippen LogP contribution < -0.4 is 0 Å². The van der Waals surface area contributed by atoms with Crippen LogP contribution in [0.4, 0.5) is 0 Å². The first-order chi connectivity index (χ1) is 11.2. The summed E-state index contributed by atoms with van der Waals surface area (Å²) in [6, 6.07) is 10.3. The largest absolute Gasteiger partial charge is 0.384 e. The fourth-order valence-corrected chi connectivity index (χ4v) is 4.19. The number of hydrogen-bond acceptors (Lipinski definition) is 4. The molecule has 0 amide bonds. The molecule has 2 N–H and O–H groups in total. The molecule has 1 aliphatic heterocycles. The highest BCUT2D eigenvalue weighted by Gasteiger charge is 2.41. The number of aliphatic hydroxyl groups is 1. The van der Waals surface area contributed by atoms with E-state index >= 15 is 0 Å². The van der Waals surface area contributed by atoms with Crippen molar-refractivity contribution in [3.05, 3.63) is 35.9 Å². The van der Waals surface area contributed by atoms with Gasteiger partial charge in [0.25, 0.3) is 0 Å². The number of piperazine rings is 1. The van der Waals surface area contributed by atoms with Crippen molar-refractivity contribution in [1.29, 1.82) is 5.41 Å². The van der Waals surface area contributed by atoms with E-state index in [-0.39, 0.29) is 0 Å². The summed E-state index contributed by atoms with van der Waals surface area (Å²) >= 11 is 0. The van der Waals surface area contributed by atoms with Gasteiger partial charge in [0.15, 0.2) is 0 Å². The lowest BCUT2D eigenvalue weighted by Gasteiger charge is -2.42. The van der Waals surface area contributed by atoms with Crippen LogP contribution in [0.1, 0.15) is 31.2 Å². The predicted octanol–water partition coefficient (Wildman–Crippen LogP) is 2.33. The molecule has 0 spiro atoms. The van der Waals surface area contributed by atoms with Crippen molar-refractivity contribution in [2.45, 2.75) is 31.3 Å². The van der Waals surface area contributed by atoms with Gasteiger partial charge in [0.05, 0.1) is 0 Å². The summed E-state index contributed by atoms with van der Waals surface area (Å²) in [6.07, 6.45) is 6.24. The lowest BCUT2D eigenvalue weighted by molar-refractivity contribution is -0.0572. The number of nitrogens with one attached hydrogen (secondary N) is 1. The monoisotopic (exact) mass is 315 g/mol. The third-order valence-corrected chi connectivity index (χ3v) is 5.58. The summed E-state index contributed by atoms with van der Waals surface area (Å²) in [6.45, 7) is 5.43. The van der Waals surface area contributed by atoms with Crippen LogP contribution in [0.2, 0.25) is 0 Å². The Kier molecular flexibility index (Phi) is 5.46. The highest BCUT2D eigenvalue weighted by Crippen LogP contribution is 2.41. The SMILES string of the molecule is N=CCN1CCN(CC(O)(c2ccccc2)C2CCCC2)CC1.